The van der Waals surface area contributed by atoms with Crippen LogP contribution in [0.15, 0.2) is 36.4 Å². The normalized spacial score (nSPS) is 14.1. The van der Waals surface area contributed by atoms with E-state index in [-0.39, 0.29) is 0 Å². The number of hydrogen-bond acceptors (Lipinski definition) is 18. The molecule has 3 aromatic carbocycles. The van der Waals surface area contributed by atoms with Crippen molar-refractivity contribution < 1.29 is 82.1 Å². The first-order valence-corrected chi connectivity index (χ1v) is 14.5. The standard InChI is InChI=1S/3C8H6O6.2Al/c3*9-5-3(7(11)12)1-2-4(6(5)10)8(13)14;;/h3*1-2,9-10H,(H,11,12)(H,13,14);;/q;;;2*+3/p-6. The lowest BCUT2D eigenvalue weighted by molar-refractivity contribution is 0.0376. The Balaban J connectivity index is 1.32. The van der Waals surface area contributed by atoms with Gasteiger partial charge in [0.2, 0.25) is 0 Å². The minimum atomic E-state index is -4.10. The minimum absolute atomic E-state index is 0.591. The molecule has 0 atom stereocenters. The number of phenolic OH excluding ortho intramolecular Hbond substituents is 6. The smallest absolute Gasteiger partial charge is 0.547 e. The summed E-state index contributed by atoms with van der Waals surface area (Å²) in [4.78, 5) is 74.8. The van der Waals surface area contributed by atoms with Crippen molar-refractivity contribution in [2.75, 3.05) is 0 Å². The third-order valence-electron chi connectivity index (χ3n) is 5.99. The van der Waals surface area contributed by atoms with Crippen molar-refractivity contribution in [1.29, 1.82) is 0 Å². The number of hydrogen-bond donors (Lipinski definition) is 6. The van der Waals surface area contributed by atoms with Gasteiger partial charge in [-0.15, -0.1) is 0 Å². The van der Waals surface area contributed by atoms with Gasteiger partial charge in [-0.05, 0) is 36.4 Å². The maximum Gasteiger partial charge on any atom is 1.20 e. The number of carbonyl (C=O) groups excluding carboxylic acids is 6. The van der Waals surface area contributed by atoms with Gasteiger partial charge in [-0.1, -0.05) is 0 Å². The zero-order valence-corrected chi connectivity index (χ0v) is 23.5. The van der Waals surface area contributed by atoms with Crippen LogP contribution in [0.25, 0.3) is 0 Å². The molecule has 4 aliphatic heterocycles. The Kier molecular flexibility index (Phi) is 7.60. The summed E-state index contributed by atoms with van der Waals surface area (Å²) in [5.74, 6) is -14.9. The second-order valence-corrected chi connectivity index (χ2v) is 11.2. The monoisotopic (exact) mass is 642 g/mol. The highest BCUT2D eigenvalue weighted by molar-refractivity contribution is 6.47. The van der Waals surface area contributed by atoms with Gasteiger partial charge in [0.15, 0.2) is 34.5 Å². The van der Waals surface area contributed by atoms with E-state index in [4.69, 9.17) is 22.7 Å². The molecule has 0 saturated carbocycles. The number of rotatable bonds is 4. The summed E-state index contributed by atoms with van der Waals surface area (Å²) in [7, 11) is 0. The number of phenols is 6. The quantitative estimate of drug-likeness (QED) is 0.164. The molecule has 0 unspecified atom stereocenters. The van der Waals surface area contributed by atoms with E-state index < -0.39 is 134 Å². The maximum atomic E-state index is 12.7. The predicted molar refractivity (Wildman–Crippen MR) is 133 cm³/mol. The molecule has 0 aromatic heterocycles. The molecule has 7 rings (SSSR count). The van der Waals surface area contributed by atoms with Gasteiger partial charge in [-0.3, -0.25) is 0 Å². The SMILES string of the molecule is O=C([O][Al]1[O]C(=O)c2ccc(c(O)c2O)C(=O)[O]1)c1ccc(C(=O)[O][Al]2[O]C(=O)c3ccc(c(O)c3O)C(=O)[O]2)c(O)c1O. The summed E-state index contributed by atoms with van der Waals surface area (Å²) >= 11 is -8.20. The lowest BCUT2D eigenvalue weighted by Crippen LogP contribution is -2.34. The molecule has 20 heteroatoms. The summed E-state index contributed by atoms with van der Waals surface area (Å²) < 4.78 is 29.2. The molecule has 0 amide bonds. The Labute approximate surface area is 252 Å². The van der Waals surface area contributed by atoms with Crippen LogP contribution in [0.1, 0.15) is 62.1 Å². The highest BCUT2D eigenvalue weighted by Crippen LogP contribution is 2.37. The first kappa shape index (κ1) is 29.8. The summed E-state index contributed by atoms with van der Waals surface area (Å²) in [6.45, 7) is 0. The lowest BCUT2D eigenvalue weighted by Gasteiger charge is -2.15. The lowest BCUT2D eigenvalue weighted by atomic mass is 10.1. The fraction of sp³-hybridized carbons (Fsp3) is 0. The van der Waals surface area contributed by atoms with Crippen LogP contribution in [0.2, 0.25) is 0 Å². The summed E-state index contributed by atoms with van der Waals surface area (Å²) in [6.07, 6.45) is 0. The van der Waals surface area contributed by atoms with E-state index >= 15 is 0 Å². The van der Waals surface area contributed by atoms with Crippen molar-refractivity contribution in [3.05, 3.63) is 69.8 Å². The number of aromatic hydroxyl groups is 6. The molecule has 44 heavy (non-hydrogen) atoms. The van der Waals surface area contributed by atoms with Crippen molar-refractivity contribution in [2.45, 2.75) is 0 Å². The Bertz CT molecular complexity index is 1600. The van der Waals surface area contributed by atoms with E-state index in [1.807, 2.05) is 0 Å². The van der Waals surface area contributed by atoms with Crippen molar-refractivity contribution >= 4 is 66.1 Å². The molecule has 0 radical (unpaired) electrons. The topological polar surface area (TPSA) is 279 Å². The van der Waals surface area contributed by atoms with Gasteiger partial charge < -0.3 is 53.4 Å². The van der Waals surface area contributed by atoms with E-state index in [0.717, 1.165) is 36.4 Å². The van der Waals surface area contributed by atoms with E-state index in [1.165, 1.54) is 0 Å². The molecule has 0 spiro atoms. The first-order chi connectivity index (χ1) is 20.8. The van der Waals surface area contributed by atoms with Crippen molar-refractivity contribution in [3.63, 3.8) is 0 Å². The third kappa shape index (κ3) is 5.21. The largest absolute Gasteiger partial charge is 1.20 e. The second kappa shape index (κ2) is 11.2. The molecular weight excluding hydrogens is 630 g/mol. The molecule has 6 N–H and O–H groups in total. The Morgan fingerprint density at radius 2 is 0.705 bits per heavy atom. The van der Waals surface area contributed by atoms with E-state index in [0.29, 0.717) is 0 Å². The van der Waals surface area contributed by atoms with Crippen LogP contribution in [0.3, 0.4) is 0 Å². The second-order valence-electron chi connectivity index (χ2n) is 8.58. The zero-order chi connectivity index (χ0) is 32.0. The molecular formula is C24H12Al2O18. The van der Waals surface area contributed by atoms with E-state index in [9.17, 15) is 59.4 Å². The Morgan fingerprint density at radius 1 is 0.455 bits per heavy atom. The number of fused-ring (bicyclic) bond motifs is 12. The molecule has 0 fully saturated rings. The molecule has 3 aromatic rings. The van der Waals surface area contributed by atoms with E-state index in [2.05, 4.69) is 0 Å². The minimum Gasteiger partial charge on any atom is -0.547 e. The van der Waals surface area contributed by atoms with Crippen molar-refractivity contribution in [2.24, 2.45) is 0 Å². The van der Waals surface area contributed by atoms with Crippen LogP contribution in [-0.4, -0.2) is 96.8 Å². The van der Waals surface area contributed by atoms with Crippen LogP contribution in [0.4, 0.5) is 0 Å². The van der Waals surface area contributed by atoms with Crippen LogP contribution in [0, 0.1) is 0 Å². The molecule has 0 saturated heterocycles. The Morgan fingerprint density at radius 3 is 0.955 bits per heavy atom. The number of carbonyl (C=O) groups is 6. The summed E-state index contributed by atoms with van der Waals surface area (Å²) in [6, 6.07) is 5.24. The average molecular weight is 642 g/mol. The maximum absolute atomic E-state index is 12.7. The summed E-state index contributed by atoms with van der Waals surface area (Å²) in [5.41, 5.74) is -4.04. The molecule has 4 heterocycles. The fourth-order valence-corrected chi connectivity index (χ4v) is 5.88. The molecule has 18 nitrogen and oxygen atoms in total. The van der Waals surface area contributed by atoms with Gasteiger partial charge in [0.1, 0.15) is 33.4 Å². The molecule has 4 bridgehead atoms. The van der Waals surface area contributed by atoms with Gasteiger partial charge in [0, 0.05) is 0 Å². The third-order valence-corrected chi connectivity index (χ3v) is 8.43. The van der Waals surface area contributed by atoms with Gasteiger partial charge in [-0.25, -0.2) is 28.8 Å². The van der Waals surface area contributed by atoms with E-state index in [1.54, 1.807) is 0 Å². The first-order valence-electron chi connectivity index (χ1n) is 11.7. The predicted octanol–water partition coefficient (Wildman–Crippen LogP) is 0.258. The van der Waals surface area contributed by atoms with Crippen molar-refractivity contribution in [3.8, 4) is 34.5 Å². The zero-order valence-electron chi connectivity index (χ0n) is 21.2. The molecule has 0 aliphatic carbocycles. The van der Waals surface area contributed by atoms with Crippen molar-refractivity contribution in [1.82, 2.24) is 0 Å². The Hall–Kier alpha value is -5.66. The van der Waals surface area contributed by atoms with Gasteiger partial charge in [-0.2, -0.15) is 0 Å². The van der Waals surface area contributed by atoms with Crippen LogP contribution in [-0.2, 0) is 22.7 Å². The highest BCUT2D eigenvalue weighted by Gasteiger charge is 2.53. The fourth-order valence-electron chi connectivity index (χ4n) is 3.78. The van der Waals surface area contributed by atoms with Gasteiger partial charge in [0.05, 0.1) is 0 Å². The van der Waals surface area contributed by atoms with Crippen LogP contribution >= 0.6 is 0 Å². The van der Waals surface area contributed by atoms with Gasteiger partial charge >= 0.3 is 66.1 Å². The molecule has 4 aliphatic rings. The summed E-state index contributed by atoms with van der Waals surface area (Å²) in [5, 5.41) is 60.5. The van der Waals surface area contributed by atoms with Crippen LogP contribution in [0.5, 0.6) is 34.5 Å². The van der Waals surface area contributed by atoms with Gasteiger partial charge in [0.25, 0.3) is 0 Å². The van der Waals surface area contributed by atoms with Crippen LogP contribution < -0.4 is 0 Å². The molecule has 222 valence electrons. The highest BCUT2D eigenvalue weighted by atomic mass is 27.3. The number of benzene rings is 3. The average Bonchev–Trinajstić information content (AvgIpc) is 3.08.